The first-order valence-corrected chi connectivity index (χ1v) is 6.04. The molecule has 0 saturated carbocycles. The lowest BCUT2D eigenvalue weighted by Gasteiger charge is -2.11. The summed E-state index contributed by atoms with van der Waals surface area (Å²) in [6.07, 6.45) is 1.54. The molecule has 5 nitrogen and oxygen atoms in total. The molecule has 0 aliphatic carbocycles. The Morgan fingerprint density at radius 1 is 1.20 bits per heavy atom. The van der Waals surface area contributed by atoms with E-state index in [1.54, 1.807) is 24.3 Å². The number of anilines is 1. The van der Waals surface area contributed by atoms with Crippen molar-refractivity contribution in [1.29, 1.82) is 0 Å². The normalized spacial score (nSPS) is 10.0. The fourth-order valence-electron chi connectivity index (χ4n) is 1.94. The summed E-state index contributed by atoms with van der Waals surface area (Å²) in [5.41, 5.74) is 0.342. The number of benzene rings is 2. The molecule has 0 bridgehead atoms. The number of rotatable bonds is 4. The maximum Gasteiger partial charge on any atom is 0.338 e. The van der Waals surface area contributed by atoms with Gasteiger partial charge in [0.05, 0.1) is 11.3 Å². The topological polar surface area (TPSA) is 78.4 Å². The molecule has 2 amide bonds. The minimum Gasteiger partial charge on any atom is -0.478 e. The maximum absolute atomic E-state index is 11.6. The minimum atomic E-state index is -1.08. The second kappa shape index (κ2) is 5.88. The number of aromatic carboxylic acids is 1. The quantitative estimate of drug-likeness (QED) is 0.747. The van der Waals surface area contributed by atoms with Gasteiger partial charge in [-0.15, -0.1) is 6.58 Å². The van der Waals surface area contributed by atoms with Crippen molar-refractivity contribution in [2.75, 3.05) is 11.9 Å². The van der Waals surface area contributed by atoms with Gasteiger partial charge in [0.2, 0.25) is 0 Å². The van der Waals surface area contributed by atoms with Crippen LogP contribution >= 0.6 is 0 Å². The Bertz CT molecular complexity index is 680. The van der Waals surface area contributed by atoms with Crippen molar-refractivity contribution in [2.24, 2.45) is 0 Å². The number of carboxylic acid groups (broad SMARTS) is 1. The maximum atomic E-state index is 11.6. The van der Waals surface area contributed by atoms with Gasteiger partial charge in [0.1, 0.15) is 0 Å². The summed E-state index contributed by atoms with van der Waals surface area (Å²) in [4.78, 5) is 23.1. The van der Waals surface area contributed by atoms with Gasteiger partial charge in [0, 0.05) is 6.54 Å². The van der Waals surface area contributed by atoms with Crippen LogP contribution in [0.15, 0.2) is 49.1 Å². The van der Waals surface area contributed by atoms with Crippen LogP contribution in [0.2, 0.25) is 0 Å². The average Bonchev–Trinajstić information content (AvgIpc) is 2.44. The largest absolute Gasteiger partial charge is 0.478 e. The summed E-state index contributed by atoms with van der Waals surface area (Å²) < 4.78 is 0. The van der Waals surface area contributed by atoms with E-state index in [2.05, 4.69) is 17.2 Å². The number of carbonyl (C=O) groups is 2. The highest BCUT2D eigenvalue weighted by atomic mass is 16.4. The summed E-state index contributed by atoms with van der Waals surface area (Å²) in [7, 11) is 0. The molecule has 2 rings (SSSR count). The zero-order chi connectivity index (χ0) is 14.5. The Hall–Kier alpha value is -2.82. The van der Waals surface area contributed by atoms with Crippen molar-refractivity contribution in [1.82, 2.24) is 5.32 Å². The van der Waals surface area contributed by atoms with Crippen LogP contribution in [-0.4, -0.2) is 23.7 Å². The second-order valence-electron chi connectivity index (χ2n) is 4.14. The van der Waals surface area contributed by atoms with E-state index in [1.807, 2.05) is 12.1 Å². The van der Waals surface area contributed by atoms with Crippen LogP contribution in [0.3, 0.4) is 0 Å². The van der Waals surface area contributed by atoms with Crippen molar-refractivity contribution in [2.45, 2.75) is 0 Å². The Balaban J connectivity index is 2.42. The van der Waals surface area contributed by atoms with E-state index < -0.39 is 12.0 Å². The number of hydrogen-bond donors (Lipinski definition) is 3. The Labute approximate surface area is 115 Å². The fraction of sp³-hybridized carbons (Fsp3) is 0.0667. The van der Waals surface area contributed by atoms with Gasteiger partial charge in [-0.3, -0.25) is 0 Å². The molecule has 5 heteroatoms. The standard InChI is InChI=1S/C15H14N2O3/c1-2-9-16-15(20)17-12-8-7-10-5-3-4-6-11(10)13(12)14(18)19/h2-8H,1,9H2,(H,18,19)(H2,16,17,20). The highest BCUT2D eigenvalue weighted by molar-refractivity contribution is 6.10. The number of hydrogen-bond acceptors (Lipinski definition) is 2. The zero-order valence-corrected chi connectivity index (χ0v) is 10.7. The van der Waals surface area contributed by atoms with Gasteiger partial charge in [-0.1, -0.05) is 36.4 Å². The smallest absolute Gasteiger partial charge is 0.338 e. The highest BCUT2D eigenvalue weighted by Gasteiger charge is 2.15. The lowest BCUT2D eigenvalue weighted by Crippen LogP contribution is -2.29. The van der Waals surface area contributed by atoms with Crippen molar-refractivity contribution in [3.05, 3.63) is 54.6 Å². The third kappa shape index (κ3) is 2.77. The first-order chi connectivity index (χ1) is 9.63. The SMILES string of the molecule is C=CCNC(=O)Nc1ccc2ccccc2c1C(=O)O. The molecule has 20 heavy (non-hydrogen) atoms. The Kier molecular flexibility index (Phi) is 4.00. The van der Waals surface area contributed by atoms with E-state index >= 15 is 0 Å². The van der Waals surface area contributed by atoms with Gasteiger partial charge in [0.15, 0.2) is 0 Å². The molecule has 0 saturated heterocycles. The molecule has 3 N–H and O–H groups in total. The molecule has 102 valence electrons. The molecule has 0 fully saturated rings. The molecular weight excluding hydrogens is 256 g/mol. The van der Waals surface area contributed by atoms with Gasteiger partial charge in [-0.05, 0) is 16.8 Å². The van der Waals surface area contributed by atoms with Gasteiger partial charge in [-0.25, -0.2) is 9.59 Å². The summed E-state index contributed by atoms with van der Waals surface area (Å²) in [5, 5.41) is 15.8. The summed E-state index contributed by atoms with van der Waals surface area (Å²) in [6.45, 7) is 3.80. The van der Waals surface area contributed by atoms with Crippen LogP contribution in [0.1, 0.15) is 10.4 Å². The Morgan fingerprint density at radius 3 is 2.65 bits per heavy atom. The van der Waals surface area contributed by atoms with Crippen molar-refractivity contribution in [3.63, 3.8) is 0 Å². The van der Waals surface area contributed by atoms with Crippen LogP contribution in [-0.2, 0) is 0 Å². The van der Waals surface area contributed by atoms with Gasteiger partial charge >= 0.3 is 12.0 Å². The lowest BCUT2D eigenvalue weighted by molar-refractivity contribution is 0.0700. The minimum absolute atomic E-state index is 0.0804. The molecule has 0 aliphatic heterocycles. The number of urea groups is 1. The lowest BCUT2D eigenvalue weighted by atomic mass is 10.0. The summed E-state index contributed by atoms with van der Waals surface area (Å²) in [5.74, 6) is -1.08. The third-order valence-electron chi connectivity index (χ3n) is 2.80. The Morgan fingerprint density at radius 2 is 1.95 bits per heavy atom. The molecule has 0 aliphatic rings. The number of carbonyl (C=O) groups excluding carboxylic acids is 1. The molecular formula is C15H14N2O3. The van der Waals surface area contributed by atoms with Crippen LogP contribution < -0.4 is 10.6 Å². The average molecular weight is 270 g/mol. The molecule has 0 radical (unpaired) electrons. The summed E-state index contributed by atoms with van der Waals surface area (Å²) >= 11 is 0. The monoisotopic (exact) mass is 270 g/mol. The number of carboxylic acids is 1. The van der Waals surface area contributed by atoms with E-state index in [4.69, 9.17) is 0 Å². The second-order valence-corrected chi connectivity index (χ2v) is 4.14. The van der Waals surface area contributed by atoms with E-state index in [9.17, 15) is 14.7 Å². The van der Waals surface area contributed by atoms with Crippen molar-refractivity contribution < 1.29 is 14.7 Å². The van der Waals surface area contributed by atoms with Crippen LogP contribution in [0.25, 0.3) is 10.8 Å². The molecule has 2 aromatic carbocycles. The molecule has 0 aromatic heterocycles. The van der Waals surface area contributed by atoms with Crippen LogP contribution in [0, 0.1) is 0 Å². The van der Waals surface area contributed by atoms with Crippen molar-refractivity contribution >= 4 is 28.5 Å². The van der Waals surface area contributed by atoms with Crippen LogP contribution in [0.5, 0.6) is 0 Å². The van der Waals surface area contributed by atoms with E-state index in [1.165, 1.54) is 6.08 Å². The number of fused-ring (bicyclic) bond motifs is 1. The van der Waals surface area contributed by atoms with Crippen molar-refractivity contribution in [3.8, 4) is 0 Å². The van der Waals surface area contributed by atoms with E-state index in [-0.39, 0.29) is 11.3 Å². The summed E-state index contributed by atoms with van der Waals surface area (Å²) in [6, 6.07) is 10.0. The predicted octanol–water partition coefficient (Wildman–Crippen LogP) is 2.85. The number of nitrogens with one attached hydrogen (secondary N) is 2. The van der Waals surface area contributed by atoms with Gasteiger partial charge in [0.25, 0.3) is 0 Å². The predicted molar refractivity (Wildman–Crippen MR) is 78.1 cm³/mol. The first-order valence-electron chi connectivity index (χ1n) is 6.04. The number of amides is 2. The molecule has 0 spiro atoms. The molecule has 0 heterocycles. The van der Waals surface area contributed by atoms with Crippen LogP contribution in [0.4, 0.5) is 10.5 Å². The fourth-order valence-corrected chi connectivity index (χ4v) is 1.94. The van der Waals surface area contributed by atoms with Gasteiger partial charge < -0.3 is 15.7 Å². The van der Waals surface area contributed by atoms with E-state index in [0.717, 1.165) is 5.39 Å². The molecule has 2 aromatic rings. The zero-order valence-electron chi connectivity index (χ0n) is 10.7. The first kappa shape index (κ1) is 13.6. The molecule has 0 unspecified atom stereocenters. The van der Waals surface area contributed by atoms with Gasteiger partial charge in [-0.2, -0.15) is 0 Å². The van der Waals surface area contributed by atoms with E-state index in [0.29, 0.717) is 11.9 Å². The third-order valence-corrected chi connectivity index (χ3v) is 2.80. The highest BCUT2D eigenvalue weighted by Crippen LogP contribution is 2.26. The molecule has 0 atom stereocenters.